The molecule has 1 rings (SSSR count). The number of ether oxygens (including phenoxy) is 2. The first-order valence-electron chi connectivity index (χ1n) is 8.39. The predicted octanol–water partition coefficient (Wildman–Crippen LogP) is 2.55. The summed E-state index contributed by atoms with van der Waals surface area (Å²) in [5.74, 6) is 0.566. The maximum absolute atomic E-state index is 12.4. The minimum Gasteiger partial charge on any atom is -0.497 e. The van der Waals surface area contributed by atoms with E-state index in [0.29, 0.717) is 6.42 Å². The average Bonchev–Trinajstić information content (AvgIpc) is 2.49. The Bertz CT molecular complexity index is 505. The van der Waals surface area contributed by atoms with Gasteiger partial charge in [-0.25, -0.2) is 0 Å². The van der Waals surface area contributed by atoms with Crippen LogP contribution in [0.2, 0.25) is 0 Å². The van der Waals surface area contributed by atoms with Crippen molar-refractivity contribution >= 4 is 5.97 Å². The van der Waals surface area contributed by atoms with E-state index in [1.165, 1.54) is 0 Å². The smallest absolute Gasteiger partial charge is 0.323 e. The van der Waals surface area contributed by atoms with Gasteiger partial charge < -0.3 is 14.6 Å². The highest BCUT2D eigenvalue weighted by molar-refractivity contribution is 5.76. The van der Waals surface area contributed by atoms with Gasteiger partial charge in [-0.05, 0) is 50.8 Å². The number of benzene rings is 1. The van der Waals surface area contributed by atoms with Gasteiger partial charge in [0.1, 0.15) is 17.4 Å². The monoisotopic (exact) mass is 337 g/mol. The van der Waals surface area contributed by atoms with Gasteiger partial charge >= 0.3 is 5.97 Å². The number of methoxy groups -OCH3 is 1. The van der Waals surface area contributed by atoms with E-state index in [1.54, 1.807) is 7.11 Å². The second-order valence-corrected chi connectivity index (χ2v) is 7.35. The number of hydrogen-bond acceptors (Lipinski definition) is 5. The maximum Gasteiger partial charge on any atom is 0.323 e. The third-order valence-electron chi connectivity index (χ3n) is 3.60. The number of hydrogen-bond donors (Lipinski definition) is 2. The Kier molecular flexibility index (Phi) is 7.70. The molecule has 0 aromatic heterocycles. The highest BCUT2D eigenvalue weighted by Crippen LogP contribution is 2.15. The molecule has 5 nitrogen and oxygen atoms in total. The lowest BCUT2D eigenvalue weighted by Crippen LogP contribution is -2.50. The maximum atomic E-state index is 12.4. The molecule has 0 saturated carbocycles. The molecule has 0 aliphatic carbocycles. The van der Waals surface area contributed by atoms with Crippen LogP contribution in [-0.2, 0) is 16.0 Å². The molecule has 0 spiro atoms. The van der Waals surface area contributed by atoms with Crippen molar-refractivity contribution in [2.75, 3.05) is 13.7 Å². The first-order chi connectivity index (χ1) is 11.2. The number of rotatable bonds is 8. The highest BCUT2D eigenvalue weighted by atomic mass is 16.6. The predicted molar refractivity (Wildman–Crippen MR) is 95.2 cm³/mol. The van der Waals surface area contributed by atoms with Crippen LogP contribution in [0.25, 0.3) is 0 Å². The zero-order chi connectivity index (χ0) is 18.3. The van der Waals surface area contributed by atoms with Crippen molar-refractivity contribution in [2.24, 2.45) is 5.92 Å². The molecule has 5 heteroatoms. The van der Waals surface area contributed by atoms with E-state index in [0.717, 1.165) is 11.3 Å². The summed E-state index contributed by atoms with van der Waals surface area (Å²) in [7, 11) is 1.63. The number of carbonyl (C=O) groups is 1. The molecule has 0 amide bonds. The SMILES string of the molecule is COc1ccc(CC(CO)NC(C(=O)OC(C)(C)C)C(C)C)cc1. The van der Waals surface area contributed by atoms with Gasteiger partial charge in [0.15, 0.2) is 0 Å². The fraction of sp³-hybridized carbons (Fsp3) is 0.632. The minimum absolute atomic E-state index is 0.0575. The number of nitrogens with one attached hydrogen (secondary N) is 1. The molecule has 0 radical (unpaired) electrons. The van der Waals surface area contributed by atoms with E-state index in [1.807, 2.05) is 58.9 Å². The standard InChI is InChI=1S/C19H31NO4/c1-13(2)17(18(22)24-19(3,4)5)20-15(12-21)11-14-7-9-16(23-6)10-8-14/h7-10,13,15,17,20-21H,11-12H2,1-6H3. The lowest BCUT2D eigenvalue weighted by Gasteiger charge is -2.29. The fourth-order valence-corrected chi connectivity index (χ4v) is 2.37. The molecule has 0 fully saturated rings. The molecule has 136 valence electrons. The van der Waals surface area contributed by atoms with Crippen LogP contribution in [0.5, 0.6) is 5.75 Å². The van der Waals surface area contributed by atoms with Crippen molar-refractivity contribution in [3.8, 4) is 5.75 Å². The largest absolute Gasteiger partial charge is 0.497 e. The summed E-state index contributed by atoms with van der Waals surface area (Å²) < 4.78 is 10.6. The number of carbonyl (C=O) groups excluding carboxylic acids is 1. The van der Waals surface area contributed by atoms with Gasteiger partial charge in [0, 0.05) is 6.04 Å². The van der Waals surface area contributed by atoms with Gasteiger partial charge in [-0.2, -0.15) is 0 Å². The summed E-state index contributed by atoms with van der Waals surface area (Å²) in [6.45, 7) is 9.42. The molecule has 0 heterocycles. The Balaban J connectivity index is 2.76. The van der Waals surface area contributed by atoms with E-state index in [9.17, 15) is 9.90 Å². The molecule has 2 unspecified atom stereocenters. The lowest BCUT2D eigenvalue weighted by atomic mass is 10.00. The van der Waals surface area contributed by atoms with Crippen LogP contribution in [0.15, 0.2) is 24.3 Å². The molecular formula is C19H31NO4. The molecular weight excluding hydrogens is 306 g/mol. The molecule has 0 aliphatic heterocycles. The van der Waals surface area contributed by atoms with Crippen molar-refractivity contribution in [2.45, 2.75) is 58.7 Å². The van der Waals surface area contributed by atoms with Crippen molar-refractivity contribution in [1.82, 2.24) is 5.32 Å². The summed E-state index contributed by atoms with van der Waals surface area (Å²) in [6, 6.07) is 7.01. The Morgan fingerprint density at radius 1 is 1.21 bits per heavy atom. The molecule has 24 heavy (non-hydrogen) atoms. The first kappa shape index (κ1) is 20.5. The summed E-state index contributed by atoms with van der Waals surface area (Å²) in [5, 5.41) is 12.9. The van der Waals surface area contributed by atoms with E-state index in [-0.39, 0.29) is 24.5 Å². The van der Waals surface area contributed by atoms with Crippen molar-refractivity contribution in [1.29, 1.82) is 0 Å². The molecule has 0 aliphatic rings. The van der Waals surface area contributed by atoms with Gasteiger partial charge in [-0.15, -0.1) is 0 Å². The summed E-state index contributed by atoms with van der Waals surface area (Å²) in [6.07, 6.45) is 0.618. The van der Waals surface area contributed by atoms with Crippen molar-refractivity contribution < 1.29 is 19.4 Å². The zero-order valence-corrected chi connectivity index (χ0v) is 15.6. The fourth-order valence-electron chi connectivity index (χ4n) is 2.37. The Hall–Kier alpha value is -1.59. The van der Waals surface area contributed by atoms with Crippen LogP contribution in [0.4, 0.5) is 0 Å². The van der Waals surface area contributed by atoms with Gasteiger partial charge in [0.05, 0.1) is 13.7 Å². The topological polar surface area (TPSA) is 67.8 Å². The normalized spacial score (nSPS) is 14.3. The van der Waals surface area contributed by atoms with Crippen molar-refractivity contribution in [3.05, 3.63) is 29.8 Å². The summed E-state index contributed by atoms with van der Waals surface area (Å²) in [5.41, 5.74) is 0.533. The van der Waals surface area contributed by atoms with Crippen LogP contribution < -0.4 is 10.1 Å². The molecule has 1 aromatic rings. The third-order valence-corrected chi connectivity index (χ3v) is 3.60. The molecule has 2 atom stereocenters. The Labute approximate surface area is 145 Å². The van der Waals surface area contributed by atoms with Gasteiger partial charge in [0.2, 0.25) is 0 Å². The second-order valence-electron chi connectivity index (χ2n) is 7.35. The van der Waals surface area contributed by atoms with E-state index in [4.69, 9.17) is 9.47 Å². The Morgan fingerprint density at radius 3 is 2.21 bits per heavy atom. The van der Waals surface area contributed by atoms with E-state index in [2.05, 4.69) is 5.32 Å². The first-order valence-corrected chi connectivity index (χ1v) is 8.39. The lowest BCUT2D eigenvalue weighted by molar-refractivity contribution is -0.159. The van der Waals surface area contributed by atoms with Crippen LogP contribution in [-0.4, -0.2) is 42.5 Å². The van der Waals surface area contributed by atoms with E-state index >= 15 is 0 Å². The zero-order valence-electron chi connectivity index (χ0n) is 15.6. The highest BCUT2D eigenvalue weighted by Gasteiger charge is 2.29. The van der Waals surface area contributed by atoms with Crippen LogP contribution in [0.3, 0.4) is 0 Å². The van der Waals surface area contributed by atoms with Crippen LogP contribution in [0.1, 0.15) is 40.2 Å². The van der Waals surface area contributed by atoms with Crippen molar-refractivity contribution in [3.63, 3.8) is 0 Å². The summed E-state index contributed by atoms with van der Waals surface area (Å²) >= 11 is 0. The van der Waals surface area contributed by atoms with Crippen LogP contribution in [0, 0.1) is 5.92 Å². The Morgan fingerprint density at radius 2 is 1.79 bits per heavy atom. The summed E-state index contributed by atoms with van der Waals surface area (Å²) in [4.78, 5) is 12.4. The molecule has 2 N–H and O–H groups in total. The molecule has 0 saturated heterocycles. The molecule has 0 bridgehead atoms. The van der Waals surface area contributed by atoms with E-state index < -0.39 is 11.6 Å². The second kappa shape index (κ2) is 9.04. The number of esters is 1. The minimum atomic E-state index is -0.531. The average molecular weight is 337 g/mol. The van der Waals surface area contributed by atoms with Gasteiger partial charge in [-0.1, -0.05) is 26.0 Å². The van der Waals surface area contributed by atoms with Crippen LogP contribution >= 0.6 is 0 Å². The van der Waals surface area contributed by atoms with Gasteiger partial charge in [0.25, 0.3) is 0 Å². The molecule has 1 aromatic carbocycles. The number of aliphatic hydroxyl groups is 1. The van der Waals surface area contributed by atoms with Gasteiger partial charge in [-0.3, -0.25) is 10.1 Å². The number of aliphatic hydroxyl groups excluding tert-OH is 1. The quantitative estimate of drug-likeness (QED) is 0.714. The third kappa shape index (κ3) is 6.89.